The lowest BCUT2D eigenvalue weighted by molar-refractivity contribution is -0.136. The number of halogens is 1. The summed E-state index contributed by atoms with van der Waals surface area (Å²) in [7, 11) is 0. The Bertz CT molecular complexity index is 699. The highest BCUT2D eigenvalue weighted by Gasteiger charge is 2.07. The number of carboxylic acid groups (broad SMARTS) is 1. The first kappa shape index (κ1) is 14.7. The van der Waals surface area contributed by atoms with Crippen molar-refractivity contribution in [2.45, 2.75) is 12.8 Å². The van der Waals surface area contributed by atoms with Crippen LogP contribution >= 0.6 is 0 Å². The van der Waals surface area contributed by atoms with Gasteiger partial charge in [-0.1, -0.05) is 12.1 Å². The molecule has 0 bridgehead atoms. The lowest BCUT2D eigenvalue weighted by atomic mass is 10.3. The molecule has 0 atom stereocenters. The third-order valence-corrected chi connectivity index (χ3v) is 2.61. The first-order valence-corrected chi connectivity index (χ1v) is 6.23. The van der Waals surface area contributed by atoms with Gasteiger partial charge >= 0.3 is 5.97 Å². The van der Waals surface area contributed by atoms with E-state index in [1.165, 1.54) is 12.1 Å². The van der Waals surface area contributed by atoms with Crippen LogP contribution in [0.3, 0.4) is 0 Å². The molecule has 0 radical (unpaired) electrons. The summed E-state index contributed by atoms with van der Waals surface area (Å²) in [4.78, 5) is 28.5. The topological polar surface area (TPSA) is 92.3 Å². The van der Waals surface area contributed by atoms with Gasteiger partial charge in [-0.05, 0) is 12.1 Å². The van der Waals surface area contributed by atoms with E-state index in [1.807, 2.05) is 0 Å². The van der Waals surface area contributed by atoms with Gasteiger partial charge in [0.1, 0.15) is 5.82 Å². The fourth-order valence-electron chi connectivity index (χ4n) is 1.75. The molecule has 6 nitrogen and oxygen atoms in total. The van der Waals surface area contributed by atoms with Crippen LogP contribution in [0.5, 0.6) is 5.75 Å². The second-order valence-electron chi connectivity index (χ2n) is 4.28. The molecule has 0 aliphatic carbocycles. The number of nitrogens with zero attached hydrogens (tertiary/aromatic N) is 1. The summed E-state index contributed by atoms with van der Waals surface area (Å²) in [5.74, 6) is -1.13. The molecule has 0 aliphatic heterocycles. The number of aromatic nitrogens is 2. The number of H-pyrrole nitrogens is 1. The number of aromatic amines is 1. The maximum atomic E-state index is 13.3. The minimum absolute atomic E-state index is 0.112. The third-order valence-electron chi connectivity index (χ3n) is 2.61. The van der Waals surface area contributed by atoms with Gasteiger partial charge in [-0.15, -0.1) is 0 Å². The van der Waals surface area contributed by atoms with Crippen LogP contribution in [0.2, 0.25) is 0 Å². The molecule has 0 fully saturated rings. The number of rotatable bonds is 6. The van der Waals surface area contributed by atoms with E-state index in [2.05, 4.69) is 9.97 Å². The zero-order chi connectivity index (χ0) is 15.2. The largest absolute Gasteiger partial charge is 0.490 e. The van der Waals surface area contributed by atoms with Crippen molar-refractivity contribution in [2.75, 3.05) is 6.61 Å². The van der Waals surface area contributed by atoms with Gasteiger partial charge in [-0.25, -0.2) is 9.37 Å². The molecule has 2 N–H and O–H groups in total. The highest BCUT2D eigenvalue weighted by molar-refractivity contribution is 5.69. The summed E-state index contributed by atoms with van der Waals surface area (Å²) in [6.45, 7) is 0.112. The lowest BCUT2D eigenvalue weighted by Crippen LogP contribution is -2.17. The van der Waals surface area contributed by atoms with Gasteiger partial charge < -0.3 is 14.8 Å². The number of hydrogen-bond acceptors (Lipinski definition) is 4. The molecule has 1 aromatic heterocycles. The summed E-state index contributed by atoms with van der Waals surface area (Å²) in [5, 5.41) is 8.69. The predicted octanol–water partition coefficient (Wildman–Crippen LogP) is 1.16. The Morgan fingerprint density at radius 2 is 2.14 bits per heavy atom. The SMILES string of the molecule is O=C(O)Cc1cc(=O)[nH]c(CCOc2ccccc2F)n1. The second kappa shape index (κ2) is 6.65. The van der Waals surface area contributed by atoms with E-state index in [-0.39, 0.29) is 30.9 Å². The highest BCUT2D eigenvalue weighted by Crippen LogP contribution is 2.15. The Hall–Kier alpha value is -2.70. The standard InChI is InChI=1S/C14H13FN2O4/c15-10-3-1-2-4-11(10)21-6-5-12-16-9(8-14(19)20)7-13(18)17-12/h1-4,7H,5-6,8H2,(H,19,20)(H,16,17,18). The average Bonchev–Trinajstić information content (AvgIpc) is 2.39. The summed E-state index contributed by atoms with van der Waals surface area (Å²) in [6, 6.07) is 7.10. The van der Waals surface area contributed by atoms with Gasteiger partial charge in [-0.3, -0.25) is 9.59 Å². The molecule has 7 heteroatoms. The molecular formula is C14H13FN2O4. The molecule has 110 valence electrons. The minimum Gasteiger partial charge on any atom is -0.490 e. The van der Waals surface area contributed by atoms with Crippen LogP contribution < -0.4 is 10.3 Å². The van der Waals surface area contributed by atoms with E-state index in [0.29, 0.717) is 5.82 Å². The van der Waals surface area contributed by atoms with Crippen LogP contribution in [-0.2, 0) is 17.6 Å². The normalized spacial score (nSPS) is 10.3. The molecule has 2 rings (SSSR count). The number of nitrogens with one attached hydrogen (secondary N) is 1. The summed E-state index contributed by atoms with van der Waals surface area (Å²) in [6.07, 6.45) is -0.0951. The van der Waals surface area contributed by atoms with Crippen molar-refractivity contribution >= 4 is 5.97 Å². The van der Waals surface area contributed by atoms with Gasteiger partial charge in [0.2, 0.25) is 0 Å². The molecule has 0 saturated carbocycles. The maximum Gasteiger partial charge on any atom is 0.309 e. The number of hydrogen-bond donors (Lipinski definition) is 2. The molecule has 1 heterocycles. The predicted molar refractivity (Wildman–Crippen MR) is 71.8 cm³/mol. The fourth-order valence-corrected chi connectivity index (χ4v) is 1.75. The highest BCUT2D eigenvalue weighted by atomic mass is 19.1. The van der Waals surface area contributed by atoms with Crippen molar-refractivity contribution in [1.82, 2.24) is 9.97 Å². The molecule has 0 amide bonds. The minimum atomic E-state index is -1.07. The van der Waals surface area contributed by atoms with Crippen molar-refractivity contribution in [1.29, 1.82) is 0 Å². The Morgan fingerprint density at radius 3 is 2.86 bits per heavy atom. The Balaban J connectivity index is 2.00. The quantitative estimate of drug-likeness (QED) is 0.833. The molecule has 1 aromatic carbocycles. The monoisotopic (exact) mass is 292 g/mol. The molecule has 0 aliphatic rings. The number of para-hydroxylation sites is 1. The maximum absolute atomic E-state index is 13.3. The van der Waals surface area contributed by atoms with Crippen LogP contribution in [0, 0.1) is 5.82 Å². The van der Waals surface area contributed by atoms with E-state index in [1.54, 1.807) is 12.1 Å². The molecule has 2 aromatic rings. The molecule has 21 heavy (non-hydrogen) atoms. The lowest BCUT2D eigenvalue weighted by Gasteiger charge is -2.07. The van der Waals surface area contributed by atoms with Gasteiger partial charge in [0.05, 0.1) is 18.7 Å². The summed E-state index contributed by atoms with van der Waals surface area (Å²) in [5.41, 5.74) is -0.255. The summed E-state index contributed by atoms with van der Waals surface area (Å²) >= 11 is 0. The molecule has 0 saturated heterocycles. The van der Waals surface area contributed by atoms with Crippen LogP contribution in [0.25, 0.3) is 0 Å². The van der Waals surface area contributed by atoms with Crippen molar-refractivity contribution < 1.29 is 19.0 Å². The van der Waals surface area contributed by atoms with Crippen LogP contribution in [-0.4, -0.2) is 27.7 Å². The number of carboxylic acids is 1. The van der Waals surface area contributed by atoms with E-state index in [9.17, 15) is 14.0 Å². The van der Waals surface area contributed by atoms with Gasteiger partial charge in [-0.2, -0.15) is 0 Å². The van der Waals surface area contributed by atoms with E-state index in [0.717, 1.165) is 6.07 Å². The Labute approximate surface area is 119 Å². The van der Waals surface area contributed by atoms with Crippen molar-refractivity contribution in [3.63, 3.8) is 0 Å². The third kappa shape index (κ3) is 4.41. The van der Waals surface area contributed by atoms with Crippen molar-refractivity contribution in [2.24, 2.45) is 0 Å². The van der Waals surface area contributed by atoms with E-state index in [4.69, 9.17) is 9.84 Å². The Morgan fingerprint density at radius 1 is 1.38 bits per heavy atom. The molecule has 0 unspecified atom stereocenters. The second-order valence-corrected chi connectivity index (χ2v) is 4.28. The molecule has 0 spiro atoms. The number of ether oxygens (including phenoxy) is 1. The number of aliphatic carboxylic acids is 1. The van der Waals surface area contributed by atoms with Gasteiger partial charge in [0.15, 0.2) is 11.6 Å². The van der Waals surface area contributed by atoms with E-state index < -0.39 is 17.3 Å². The van der Waals surface area contributed by atoms with Gasteiger partial charge in [0, 0.05) is 12.5 Å². The average molecular weight is 292 g/mol. The van der Waals surface area contributed by atoms with E-state index >= 15 is 0 Å². The van der Waals surface area contributed by atoms with Crippen LogP contribution in [0.15, 0.2) is 35.1 Å². The van der Waals surface area contributed by atoms with Crippen molar-refractivity contribution in [3.8, 4) is 5.75 Å². The smallest absolute Gasteiger partial charge is 0.309 e. The number of carbonyl (C=O) groups is 1. The summed E-state index contributed by atoms with van der Waals surface area (Å²) < 4.78 is 18.6. The van der Waals surface area contributed by atoms with Gasteiger partial charge in [0.25, 0.3) is 5.56 Å². The first-order chi connectivity index (χ1) is 10.0. The zero-order valence-corrected chi connectivity index (χ0v) is 11.0. The Kier molecular flexibility index (Phi) is 4.65. The first-order valence-electron chi connectivity index (χ1n) is 6.23. The fraction of sp³-hybridized carbons (Fsp3) is 0.214. The van der Waals surface area contributed by atoms with Crippen LogP contribution in [0.1, 0.15) is 11.5 Å². The zero-order valence-electron chi connectivity index (χ0n) is 11.0. The van der Waals surface area contributed by atoms with Crippen molar-refractivity contribution in [3.05, 3.63) is 58.0 Å². The van der Waals surface area contributed by atoms with Crippen LogP contribution in [0.4, 0.5) is 4.39 Å². The number of benzene rings is 1. The molecular weight excluding hydrogens is 279 g/mol.